The Labute approximate surface area is 250 Å². The molecular weight excluding hydrogens is 551 g/mol. The third kappa shape index (κ3) is 6.06. The van der Waals surface area contributed by atoms with Gasteiger partial charge in [-0.2, -0.15) is 0 Å². The van der Waals surface area contributed by atoms with E-state index in [4.69, 9.17) is 0 Å². The highest BCUT2D eigenvalue weighted by molar-refractivity contribution is 5.82. The van der Waals surface area contributed by atoms with Crippen molar-refractivity contribution in [3.05, 3.63) is 70.8 Å². The highest BCUT2D eigenvalue weighted by Crippen LogP contribution is 2.45. The summed E-state index contributed by atoms with van der Waals surface area (Å²) >= 11 is 0. The van der Waals surface area contributed by atoms with Crippen LogP contribution in [0.4, 0.5) is 8.78 Å². The number of carbonyl (C=O) groups is 1. The maximum Gasteiger partial charge on any atom is 0.248 e. The average molecular weight is 597 g/mol. The lowest BCUT2D eigenvalue weighted by atomic mass is 9.67. The second kappa shape index (κ2) is 13.1. The third-order valence-electron chi connectivity index (χ3n) is 10.1. The van der Waals surface area contributed by atoms with Crippen LogP contribution in [0.2, 0.25) is 0 Å². The van der Waals surface area contributed by atoms with Crippen LogP contribution in [0.15, 0.2) is 48.5 Å². The molecule has 2 aromatic carbocycles. The Balaban J connectivity index is 0.00000147. The first-order chi connectivity index (χ1) is 17.9. The molecule has 0 bridgehead atoms. The summed E-state index contributed by atoms with van der Waals surface area (Å²) < 4.78 is 28.2. The second-order valence-electron chi connectivity index (χ2n) is 12.2. The molecule has 6 rings (SSSR count). The number of hydrogen-bond acceptors (Lipinski definition) is 1. The van der Waals surface area contributed by atoms with E-state index in [0.717, 1.165) is 45.6 Å². The van der Waals surface area contributed by atoms with E-state index in [9.17, 15) is 13.6 Å². The van der Waals surface area contributed by atoms with Crippen LogP contribution in [0.5, 0.6) is 0 Å². The van der Waals surface area contributed by atoms with Gasteiger partial charge in [-0.25, -0.2) is 8.78 Å². The molecule has 1 amide bonds. The number of carbonyl (C=O) groups excluding carboxylic acids is 1. The van der Waals surface area contributed by atoms with Crippen molar-refractivity contribution in [3.63, 3.8) is 0 Å². The first-order valence-electron chi connectivity index (χ1n) is 14.3. The molecule has 40 heavy (non-hydrogen) atoms. The van der Waals surface area contributed by atoms with E-state index in [0.29, 0.717) is 18.8 Å². The number of amides is 1. The van der Waals surface area contributed by atoms with Crippen molar-refractivity contribution in [1.82, 2.24) is 4.90 Å². The van der Waals surface area contributed by atoms with Crippen molar-refractivity contribution >= 4 is 5.91 Å². The van der Waals surface area contributed by atoms with Crippen LogP contribution in [-0.2, 0) is 16.8 Å². The van der Waals surface area contributed by atoms with Crippen LogP contribution in [0.1, 0.15) is 74.1 Å². The lowest BCUT2D eigenvalue weighted by Crippen LogP contribution is -3.00. The van der Waals surface area contributed by atoms with Gasteiger partial charge in [0.05, 0.1) is 19.6 Å². The highest BCUT2D eigenvalue weighted by atomic mass is 35.5. The molecule has 2 aromatic rings. The first kappa shape index (κ1) is 32.8. The summed E-state index contributed by atoms with van der Waals surface area (Å²) in [6, 6.07) is 17.4. The molecule has 1 saturated carbocycles. The van der Waals surface area contributed by atoms with Gasteiger partial charge in [0.25, 0.3) is 0 Å². The SMILES string of the molecule is C.Cc1ccc2c(c1)C[NH2+]C[C@]21C[NH2+]C[C@H]1C(=O)N1CC[C@@H](c2ccccc2)C[C@H]1C1CCC(F)(F)CC1.[Cl-].[Cl-]. The Morgan fingerprint density at radius 1 is 0.975 bits per heavy atom. The summed E-state index contributed by atoms with van der Waals surface area (Å²) in [4.78, 5) is 16.7. The molecule has 222 valence electrons. The molecule has 0 unspecified atom stereocenters. The number of nitrogens with two attached hydrogens (primary N) is 2. The minimum absolute atomic E-state index is 0. The Morgan fingerprint density at radius 3 is 2.40 bits per heavy atom. The number of hydrogen-bond donors (Lipinski definition) is 2. The maximum absolute atomic E-state index is 14.5. The number of quaternary nitrogens is 2. The predicted molar refractivity (Wildman–Crippen MR) is 146 cm³/mol. The van der Waals surface area contributed by atoms with E-state index in [-0.39, 0.29) is 74.3 Å². The molecule has 4 atom stereocenters. The van der Waals surface area contributed by atoms with Gasteiger partial charge in [0, 0.05) is 31.0 Å². The zero-order chi connectivity index (χ0) is 25.6. The molecule has 0 radical (unpaired) electrons. The number of alkyl halides is 2. The summed E-state index contributed by atoms with van der Waals surface area (Å²) in [5, 5.41) is 4.71. The molecule has 1 aliphatic carbocycles. The maximum atomic E-state index is 14.5. The van der Waals surface area contributed by atoms with E-state index < -0.39 is 5.92 Å². The van der Waals surface area contributed by atoms with Crippen molar-refractivity contribution in [2.24, 2.45) is 11.8 Å². The van der Waals surface area contributed by atoms with Crippen LogP contribution in [0, 0.1) is 18.8 Å². The minimum atomic E-state index is -2.55. The van der Waals surface area contributed by atoms with Crippen molar-refractivity contribution in [2.45, 2.75) is 82.7 Å². The second-order valence-corrected chi connectivity index (χ2v) is 12.2. The monoisotopic (exact) mass is 595 g/mol. The molecule has 0 aromatic heterocycles. The quantitative estimate of drug-likeness (QED) is 0.414. The molecule has 3 aliphatic heterocycles. The molecule has 4 nitrogen and oxygen atoms in total. The number of piperidine rings is 1. The fraction of sp³-hybridized carbons (Fsp3) is 0.594. The topological polar surface area (TPSA) is 53.5 Å². The van der Waals surface area contributed by atoms with Crippen LogP contribution in [0.25, 0.3) is 0 Å². The fourth-order valence-electron chi connectivity index (χ4n) is 8.10. The first-order valence-corrected chi connectivity index (χ1v) is 14.3. The van der Waals surface area contributed by atoms with Crippen LogP contribution >= 0.6 is 0 Å². The fourth-order valence-corrected chi connectivity index (χ4v) is 8.10. The minimum Gasteiger partial charge on any atom is -1.00 e. The number of halogens is 4. The average Bonchev–Trinajstić information content (AvgIpc) is 3.32. The van der Waals surface area contributed by atoms with E-state index in [2.05, 4.69) is 64.9 Å². The van der Waals surface area contributed by atoms with Crippen molar-refractivity contribution in [2.75, 3.05) is 26.2 Å². The normalized spacial score (nSPS) is 29.5. The number of rotatable bonds is 3. The highest BCUT2D eigenvalue weighted by Gasteiger charge is 2.57. The molecule has 3 fully saturated rings. The van der Waals surface area contributed by atoms with E-state index >= 15 is 0 Å². The van der Waals surface area contributed by atoms with E-state index in [1.807, 2.05) is 6.07 Å². The van der Waals surface area contributed by atoms with Gasteiger partial charge in [-0.05, 0) is 55.6 Å². The zero-order valence-electron chi connectivity index (χ0n) is 22.7. The summed E-state index contributed by atoms with van der Waals surface area (Å²) in [7, 11) is 0. The molecule has 3 heterocycles. The van der Waals surface area contributed by atoms with Crippen molar-refractivity contribution in [1.29, 1.82) is 0 Å². The Hall–Kier alpha value is -1.73. The predicted octanol–water partition coefficient (Wildman–Crippen LogP) is -2.25. The lowest BCUT2D eigenvalue weighted by molar-refractivity contribution is -0.691. The number of likely N-dealkylation sites (tertiary alicyclic amines) is 1. The molecule has 2 saturated heterocycles. The van der Waals surface area contributed by atoms with Gasteiger partial charge in [0.15, 0.2) is 0 Å². The molecule has 8 heteroatoms. The lowest BCUT2D eigenvalue weighted by Gasteiger charge is -2.47. The number of aryl methyl sites for hydroxylation is 1. The van der Waals surface area contributed by atoms with Gasteiger partial charge in [-0.15, -0.1) is 0 Å². The smallest absolute Gasteiger partial charge is 0.248 e. The number of benzene rings is 2. The zero-order valence-corrected chi connectivity index (χ0v) is 24.2. The van der Waals surface area contributed by atoms with Crippen molar-refractivity contribution in [3.8, 4) is 0 Å². The van der Waals surface area contributed by atoms with Crippen LogP contribution in [0.3, 0.4) is 0 Å². The third-order valence-corrected chi connectivity index (χ3v) is 10.1. The van der Waals surface area contributed by atoms with Gasteiger partial charge in [-0.1, -0.05) is 61.5 Å². The van der Waals surface area contributed by atoms with Gasteiger partial charge in [0.2, 0.25) is 11.8 Å². The summed E-state index contributed by atoms with van der Waals surface area (Å²) in [6.07, 6.45) is 2.77. The Bertz CT molecular complexity index is 1140. The molecule has 4 N–H and O–H groups in total. The number of nitrogens with zero attached hydrogens (tertiary/aromatic N) is 1. The van der Waals surface area contributed by atoms with E-state index in [1.165, 1.54) is 22.3 Å². The number of fused-ring (bicyclic) bond motifs is 2. The van der Waals surface area contributed by atoms with Gasteiger partial charge in [-0.3, -0.25) is 4.79 Å². The Morgan fingerprint density at radius 2 is 1.68 bits per heavy atom. The molecular formula is C32H45Cl2F2N3O. The summed E-state index contributed by atoms with van der Waals surface area (Å²) in [5.74, 6) is -1.81. The van der Waals surface area contributed by atoms with Crippen LogP contribution in [-0.4, -0.2) is 49.0 Å². The van der Waals surface area contributed by atoms with Crippen LogP contribution < -0.4 is 35.4 Å². The van der Waals surface area contributed by atoms with Gasteiger partial charge >= 0.3 is 0 Å². The van der Waals surface area contributed by atoms with Crippen molar-refractivity contribution < 1.29 is 49.0 Å². The van der Waals surface area contributed by atoms with Gasteiger partial charge < -0.3 is 40.3 Å². The largest absolute Gasteiger partial charge is 1.00 e. The molecule has 4 aliphatic rings. The molecule has 1 spiro atoms. The van der Waals surface area contributed by atoms with E-state index in [1.54, 1.807) is 0 Å². The van der Waals surface area contributed by atoms with Gasteiger partial charge in [0.1, 0.15) is 17.9 Å². The standard InChI is InChI=1S/C31H39F2N3O.CH4.2ClH/c1-21-7-8-26-25(15-21)17-34-19-30(26)20-35-18-27(30)29(37)36-14-11-24(22-5-3-2-4-6-22)16-28(36)23-9-12-31(32,33)13-10-23;;;/h2-8,15,23-24,27-28,34-35H,9-14,16-20H2,1H3;1H4;2*1H/t24-,27+,28+,30+;;;/m1.../s1. The summed E-state index contributed by atoms with van der Waals surface area (Å²) in [5.41, 5.74) is 5.16. The Kier molecular flexibility index (Phi) is 10.7. The summed E-state index contributed by atoms with van der Waals surface area (Å²) in [6.45, 7) is 6.54.